The lowest BCUT2D eigenvalue weighted by atomic mass is 10.1. The smallest absolute Gasteiger partial charge is 0.267 e. The van der Waals surface area contributed by atoms with Crippen molar-refractivity contribution in [2.45, 2.75) is 22.3 Å². The molecule has 5 nitrogen and oxygen atoms in total. The van der Waals surface area contributed by atoms with Crippen LogP contribution in [0.25, 0.3) is 5.69 Å². The quantitative estimate of drug-likeness (QED) is 0.678. The standard InChI is InChI=1S/C15H11Cl4N3O2S/c1-8-4-3-5-9(2)11(8)21-7-10(6-20)12(23)22(14(21)24)25-15(18,19)13(16)17/h3-5,7,13H,1-2H3. The molecule has 0 saturated heterocycles. The fourth-order valence-corrected chi connectivity index (χ4v) is 3.52. The summed E-state index contributed by atoms with van der Waals surface area (Å²) >= 11 is 23.8. The Balaban J connectivity index is 2.82. The first-order valence-electron chi connectivity index (χ1n) is 6.81. The molecule has 132 valence electrons. The number of aromatic nitrogens is 2. The fourth-order valence-electron chi connectivity index (χ4n) is 2.20. The number of benzene rings is 1. The molecule has 1 aromatic heterocycles. The average Bonchev–Trinajstić information content (AvgIpc) is 2.53. The van der Waals surface area contributed by atoms with Crippen LogP contribution in [0, 0.1) is 25.2 Å². The minimum absolute atomic E-state index is 0.250. The molecule has 10 heteroatoms. The number of nitrogens with zero attached hydrogens (tertiary/aromatic N) is 3. The number of hydrogen-bond donors (Lipinski definition) is 0. The molecule has 1 heterocycles. The minimum Gasteiger partial charge on any atom is -0.267 e. The normalized spacial score (nSPS) is 11.6. The Kier molecular flexibility index (Phi) is 6.18. The summed E-state index contributed by atoms with van der Waals surface area (Å²) in [5.41, 5.74) is 0.306. The molecule has 0 atom stereocenters. The zero-order valence-corrected chi connectivity index (χ0v) is 16.8. The average molecular weight is 439 g/mol. The second kappa shape index (κ2) is 7.65. The lowest BCUT2D eigenvalue weighted by molar-refractivity contribution is 0.845. The SMILES string of the molecule is Cc1cccc(C)c1-n1cc(C#N)c(=O)n(SC(Cl)(Cl)C(Cl)Cl)c1=O. The molecule has 0 radical (unpaired) electrons. The van der Waals surface area contributed by atoms with Crippen molar-refractivity contribution in [3.8, 4) is 11.8 Å². The Morgan fingerprint density at radius 3 is 2.24 bits per heavy atom. The first kappa shape index (κ1) is 20.2. The fraction of sp³-hybridized carbons (Fsp3) is 0.267. The van der Waals surface area contributed by atoms with Gasteiger partial charge in [-0.15, -0.1) is 23.2 Å². The van der Waals surface area contributed by atoms with E-state index >= 15 is 0 Å². The van der Waals surface area contributed by atoms with Crippen LogP contribution in [0.3, 0.4) is 0 Å². The summed E-state index contributed by atoms with van der Waals surface area (Å²) < 4.78 is 0.0277. The summed E-state index contributed by atoms with van der Waals surface area (Å²) in [6, 6.07) is 7.22. The van der Waals surface area contributed by atoms with Gasteiger partial charge in [0.2, 0.25) is 3.67 Å². The van der Waals surface area contributed by atoms with Gasteiger partial charge in [0.1, 0.15) is 11.6 Å². The van der Waals surface area contributed by atoms with Crippen molar-refractivity contribution >= 4 is 58.4 Å². The van der Waals surface area contributed by atoms with E-state index in [-0.39, 0.29) is 5.56 Å². The van der Waals surface area contributed by atoms with Gasteiger partial charge >= 0.3 is 5.69 Å². The molecule has 0 fully saturated rings. The van der Waals surface area contributed by atoms with Gasteiger partial charge in [-0.25, -0.2) is 4.79 Å². The maximum Gasteiger partial charge on any atom is 0.346 e. The maximum absolute atomic E-state index is 12.9. The molecule has 2 rings (SSSR count). The van der Waals surface area contributed by atoms with Crippen molar-refractivity contribution in [2.24, 2.45) is 0 Å². The highest BCUT2D eigenvalue weighted by Gasteiger charge is 2.36. The van der Waals surface area contributed by atoms with E-state index < -0.39 is 19.8 Å². The highest BCUT2D eigenvalue weighted by Crippen LogP contribution is 2.42. The molecule has 0 unspecified atom stereocenters. The highest BCUT2D eigenvalue weighted by atomic mass is 35.5. The number of alkyl halides is 4. The van der Waals surface area contributed by atoms with Crippen LogP contribution >= 0.6 is 58.4 Å². The third kappa shape index (κ3) is 4.02. The van der Waals surface area contributed by atoms with Gasteiger partial charge in [-0.05, 0) is 25.0 Å². The van der Waals surface area contributed by atoms with E-state index in [4.69, 9.17) is 46.4 Å². The molecule has 25 heavy (non-hydrogen) atoms. The van der Waals surface area contributed by atoms with Gasteiger partial charge in [0.05, 0.1) is 5.69 Å². The number of aryl methyl sites for hydroxylation is 2. The van der Waals surface area contributed by atoms with E-state index in [1.54, 1.807) is 6.07 Å². The van der Waals surface area contributed by atoms with Crippen LogP contribution in [-0.4, -0.2) is 17.0 Å². The summed E-state index contributed by atoms with van der Waals surface area (Å²) in [7, 11) is 0. The Labute approximate surface area is 167 Å². The summed E-state index contributed by atoms with van der Waals surface area (Å²) in [6.45, 7) is 3.62. The molecule has 1 aromatic carbocycles. The molecule has 0 N–H and O–H groups in total. The highest BCUT2D eigenvalue weighted by molar-refractivity contribution is 8.02. The Morgan fingerprint density at radius 2 is 1.76 bits per heavy atom. The van der Waals surface area contributed by atoms with Crippen LogP contribution in [-0.2, 0) is 0 Å². The second-order valence-electron chi connectivity index (χ2n) is 5.10. The molecule has 0 bridgehead atoms. The van der Waals surface area contributed by atoms with Crippen LogP contribution in [0.5, 0.6) is 0 Å². The molecule has 0 aliphatic carbocycles. The zero-order valence-electron chi connectivity index (χ0n) is 13.0. The number of nitriles is 1. The first-order chi connectivity index (χ1) is 11.6. The predicted octanol–water partition coefficient (Wildman–Crippen LogP) is 3.92. The van der Waals surface area contributed by atoms with Crippen molar-refractivity contribution in [1.29, 1.82) is 5.26 Å². The topological polar surface area (TPSA) is 67.8 Å². The molecule has 2 aromatic rings. The van der Waals surface area contributed by atoms with Crippen molar-refractivity contribution in [3.05, 3.63) is 61.9 Å². The second-order valence-corrected chi connectivity index (χ2v) is 9.22. The molecular weight excluding hydrogens is 428 g/mol. The van der Waals surface area contributed by atoms with E-state index in [9.17, 15) is 14.9 Å². The number of halogens is 4. The molecule has 0 aliphatic rings. The third-order valence-electron chi connectivity index (χ3n) is 3.32. The minimum atomic E-state index is -1.86. The predicted molar refractivity (Wildman–Crippen MR) is 103 cm³/mol. The van der Waals surface area contributed by atoms with Crippen LogP contribution in [0.15, 0.2) is 34.0 Å². The molecule has 0 saturated carbocycles. The summed E-state index contributed by atoms with van der Waals surface area (Å²) in [5, 5.41) is 9.25. The van der Waals surface area contributed by atoms with Crippen molar-refractivity contribution in [1.82, 2.24) is 8.54 Å². The lowest BCUT2D eigenvalue weighted by Gasteiger charge is -2.21. The van der Waals surface area contributed by atoms with Gasteiger partial charge < -0.3 is 0 Å². The number of hydrogen-bond acceptors (Lipinski definition) is 4. The molecule has 0 spiro atoms. The van der Waals surface area contributed by atoms with E-state index in [2.05, 4.69) is 0 Å². The van der Waals surface area contributed by atoms with Crippen molar-refractivity contribution in [2.75, 3.05) is 0 Å². The maximum atomic E-state index is 12.9. The van der Waals surface area contributed by atoms with Gasteiger partial charge in [-0.3, -0.25) is 9.36 Å². The monoisotopic (exact) mass is 437 g/mol. The van der Waals surface area contributed by atoms with Crippen molar-refractivity contribution in [3.63, 3.8) is 0 Å². The van der Waals surface area contributed by atoms with E-state index in [1.807, 2.05) is 32.0 Å². The largest absolute Gasteiger partial charge is 0.346 e. The zero-order chi connectivity index (χ0) is 18.9. The summed E-state index contributed by atoms with van der Waals surface area (Å²) in [4.78, 5) is 23.9. The summed E-state index contributed by atoms with van der Waals surface area (Å²) in [5.74, 6) is 0. The van der Waals surface area contributed by atoms with E-state index in [1.165, 1.54) is 10.8 Å². The van der Waals surface area contributed by atoms with Crippen molar-refractivity contribution < 1.29 is 0 Å². The van der Waals surface area contributed by atoms with Crippen LogP contribution < -0.4 is 11.2 Å². The first-order valence-corrected chi connectivity index (χ1v) is 9.21. The Bertz CT molecular complexity index is 956. The Morgan fingerprint density at radius 1 is 1.20 bits per heavy atom. The van der Waals surface area contributed by atoms with Gasteiger partial charge in [0.25, 0.3) is 5.56 Å². The van der Waals surface area contributed by atoms with Gasteiger partial charge in [-0.1, -0.05) is 41.4 Å². The van der Waals surface area contributed by atoms with Crippen LogP contribution in [0.4, 0.5) is 0 Å². The lowest BCUT2D eigenvalue weighted by Crippen LogP contribution is -2.40. The van der Waals surface area contributed by atoms with E-state index in [0.29, 0.717) is 21.6 Å². The molecular formula is C15H11Cl4N3O2S. The van der Waals surface area contributed by atoms with Gasteiger partial charge in [0, 0.05) is 18.1 Å². The molecule has 0 amide bonds. The number of para-hydroxylation sites is 1. The van der Waals surface area contributed by atoms with Gasteiger partial charge in [-0.2, -0.15) is 9.23 Å². The number of rotatable bonds is 4. The van der Waals surface area contributed by atoms with Crippen LogP contribution in [0.1, 0.15) is 16.7 Å². The molecule has 0 aliphatic heterocycles. The third-order valence-corrected chi connectivity index (χ3v) is 6.52. The Hall–Kier alpha value is -1.10. The summed E-state index contributed by atoms with van der Waals surface area (Å²) in [6.07, 6.45) is 1.19. The van der Waals surface area contributed by atoms with Crippen LogP contribution in [0.2, 0.25) is 0 Å². The van der Waals surface area contributed by atoms with Gasteiger partial charge in [0.15, 0.2) is 4.84 Å². The van der Waals surface area contributed by atoms with E-state index in [0.717, 1.165) is 11.1 Å².